The van der Waals surface area contributed by atoms with E-state index < -0.39 is 0 Å². The molecule has 0 aliphatic rings. The molecular weight excluding hydrogens is 160 g/mol. The number of hydrogen-bond donors (Lipinski definition) is 1. The largest absolute Gasteiger partial charge is 0.320 e. The van der Waals surface area contributed by atoms with E-state index in [1.807, 2.05) is 0 Å². The molecular formula is C8H7ClN2. The highest BCUT2D eigenvalue weighted by atomic mass is 35.5. The Morgan fingerprint density at radius 1 is 1.64 bits per heavy atom. The third-order valence-electron chi connectivity index (χ3n) is 1.10. The van der Waals surface area contributed by atoms with Crippen LogP contribution in [-0.2, 0) is 0 Å². The van der Waals surface area contributed by atoms with Crippen LogP contribution >= 0.6 is 11.6 Å². The van der Waals surface area contributed by atoms with E-state index in [-0.39, 0.29) is 0 Å². The number of rotatable bonds is 0. The lowest BCUT2D eigenvalue weighted by atomic mass is 10.3. The van der Waals surface area contributed by atoms with Crippen molar-refractivity contribution in [2.75, 3.05) is 6.54 Å². The fraction of sp³-hybridized carbons (Fsp3) is 0.125. The Hall–Kier alpha value is -1.04. The van der Waals surface area contributed by atoms with Gasteiger partial charge in [-0.2, -0.15) is 0 Å². The lowest BCUT2D eigenvalue weighted by molar-refractivity contribution is 1.29. The summed E-state index contributed by atoms with van der Waals surface area (Å²) < 4.78 is 0. The molecule has 2 N–H and O–H groups in total. The molecule has 0 aliphatic carbocycles. The molecule has 0 aliphatic heterocycles. The molecule has 2 nitrogen and oxygen atoms in total. The number of aromatic nitrogens is 1. The highest BCUT2D eigenvalue weighted by Crippen LogP contribution is 2.10. The summed E-state index contributed by atoms with van der Waals surface area (Å²) in [5, 5.41) is 0.563. The van der Waals surface area contributed by atoms with Gasteiger partial charge in [-0.05, 0) is 6.07 Å². The van der Waals surface area contributed by atoms with Gasteiger partial charge < -0.3 is 5.73 Å². The molecule has 1 aromatic heterocycles. The molecule has 11 heavy (non-hydrogen) atoms. The van der Waals surface area contributed by atoms with Gasteiger partial charge in [-0.15, -0.1) is 0 Å². The van der Waals surface area contributed by atoms with E-state index in [1.165, 1.54) is 0 Å². The van der Waals surface area contributed by atoms with Gasteiger partial charge in [-0.25, -0.2) is 0 Å². The van der Waals surface area contributed by atoms with E-state index in [2.05, 4.69) is 16.8 Å². The summed E-state index contributed by atoms with van der Waals surface area (Å²) in [4.78, 5) is 3.82. The van der Waals surface area contributed by atoms with Gasteiger partial charge in [0.25, 0.3) is 0 Å². The topological polar surface area (TPSA) is 38.9 Å². The zero-order valence-corrected chi connectivity index (χ0v) is 6.60. The molecule has 0 fully saturated rings. The lowest BCUT2D eigenvalue weighted by Gasteiger charge is -1.90. The smallest absolute Gasteiger partial charge is 0.0745 e. The van der Waals surface area contributed by atoms with Crippen molar-refractivity contribution >= 4 is 11.6 Å². The van der Waals surface area contributed by atoms with Crippen LogP contribution in [0.2, 0.25) is 5.02 Å². The van der Waals surface area contributed by atoms with Crippen LogP contribution in [0.3, 0.4) is 0 Å². The second-order valence-electron chi connectivity index (χ2n) is 1.86. The molecule has 1 aromatic rings. The van der Waals surface area contributed by atoms with Gasteiger partial charge in [0.05, 0.1) is 11.6 Å². The summed E-state index contributed by atoms with van der Waals surface area (Å²) in [6.45, 7) is 0.346. The Morgan fingerprint density at radius 2 is 2.45 bits per heavy atom. The number of nitrogens with zero attached hydrogens (tertiary/aromatic N) is 1. The molecule has 0 spiro atoms. The minimum Gasteiger partial charge on any atom is -0.320 e. The van der Waals surface area contributed by atoms with Crippen molar-refractivity contribution < 1.29 is 0 Å². The van der Waals surface area contributed by atoms with Crippen LogP contribution in [0.4, 0.5) is 0 Å². The molecule has 0 bridgehead atoms. The third kappa shape index (κ3) is 2.23. The zero-order chi connectivity index (χ0) is 8.10. The second-order valence-corrected chi connectivity index (χ2v) is 2.27. The third-order valence-corrected chi connectivity index (χ3v) is 1.40. The first-order chi connectivity index (χ1) is 5.34. The first-order valence-corrected chi connectivity index (χ1v) is 3.51. The van der Waals surface area contributed by atoms with Crippen molar-refractivity contribution in [3.63, 3.8) is 0 Å². The van der Waals surface area contributed by atoms with Crippen LogP contribution in [0.1, 0.15) is 5.56 Å². The summed E-state index contributed by atoms with van der Waals surface area (Å²) in [5.41, 5.74) is 5.96. The van der Waals surface area contributed by atoms with Crippen molar-refractivity contribution in [3.05, 3.63) is 29.0 Å². The Balaban J connectivity index is 2.95. The number of pyridine rings is 1. The maximum absolute atomic E-state index is 5.75. The molecule has 0 atom stereocenters. The Labute approximate surface area is 70.4 Å². The van der Waals surface area contributed by atoms with Crippen LogP contribution in [0.25, 0.3) is 0 Å². The summed E-state index contributed by atoms with van der Waals surface area (Å²) in [7, 11) is 0. The van der Waals surface area contributed by atoms with Crippen LogP contribution in [0.5, 0.6) is 0 Å². The number of nitrogens with two attached hydrogens (primary N) is 1. The van der Waals surface area contributed by atoms with E-state index >= 15 is 0 Å². The Kier molecular flexibility index (Phi) is 2.91. The van der Waals surface area contributed by atoms with E-state index in [0.717, 1.165) is 5.56 Å². The fourth-order valence-electron chi connectivity index (χ4n) is 0.623. The van der Waals surface area contributed by atoms with Crippen molar-refractivity contribution in [2.45, 2.75) is 0 Å². The normalized spacial score (nSPS) is 8.55. The van der Waals surface area contributed by atoms with Crippen LogP contribution in [0.15, 0.2) is 18.5 Å². The highest BCUT2D eigenvalue weighted by molar-refractivity contribution is 6.31. The van der Waals surface area contributed by atoms with Crippen LogP contribution in [0, 0.1) is 11.8 Å². The van der Waals surface area contributed by atoms with Crippen LogP contribution < -0.4 is 5.73 Å². The first-order valence-electron chi connectivity index (χ1n) is 3.13. The molecule has 0 saturated carbocycles. The standard InChI is InChI=1S/C8H7ClN2/c9-8-6-11-5-3-7(8)2-1-4-10/h3,5-6H,4,10H2. The van der Waals surface area contributed by atoms with E-state index in [1.54, 1.807) is 18.5 Å². The maximum atomic E-state index is 5.75. The summed E-state index contributed by atoms with van der Waals surface area (Å²) >= 11 is 5.75. The van der Waals surface area contributed by atoms with Crippen LogP contribution in [-0.4, -0.2) is 11.5 Å². The van der Waals surface area contributed by atoms with Gasteiger partial charge in [0.2, 0.25) is 0 Å². The maximum Gasteiger partial charge on any atom is 0.0745 e. The average Bonchev–Trinajstić information content (AvgIpc) is 2.03. The fourth-order valence-corrected chi connectivity index (χ4v) is 0.789. The van der Waals surface area contributed by atoms with E-state index in [9.17, 15) is 0 Å². The highest BCUT2D eigenvalue weighted by Gasteiger charge is 1.92. The van der Waals surface area contributed by atoms with E-state index in [4.69, 9.17) is 17.3 Å². The van der Waals surface area contributed by atoms with Crippen molar-refractivity contribution in [3.8, 4) is 11.8 Å². The number of hydrogen-bond acceptors (Lipinski definition) is 2. The van der Waals surface area contributed by atoms with Gasteiger partial charge in [0.1, 0.15) is 0 Å². The minimum atomic E-state index is 0.346. The number of halogens is 1. The second kappa shape index (κ2) is 3.97. The van der Waals surface area contributed by atoms with Gasteiger partial charge in [0.15, 0.2) is 0 Å². The SMILES string of the molecule is NCC#Cc1ccncc1Cl. The molecule has 56 valence electrons. The molecule has 1 rings (SSSR count). The summed E-state index contributed by atoms with van der Waals surface area (Å²) in [5.74, 6) is 5.54. The average molecular weight is 167 g/mol. The predicted octanol–water partition coefficient (Wildman–Crippen LogP) is 1.05. The molecule has 0 radical (unpaired) electrons. The molecule has 1 heterocycles. The predicted molar refractivity (Wildman–Crippen MR) is 45.2 cm³/mol. The molecule has 0 amide bonds. The van der Waals surface area contributed by atoms with Gasteiger partial charge in [-0.3, -0.25) is 4.98 Å². The summed E-state index contributed by atoms with van der Waals surface area (Å²) in [6.07, 6.45) is 3.20. The Morgan fingerprint density at radius 3 is 3.09 bits per heavy atom. The van der Waals surface area contributed by atoms with Gasteiger partial charge >= 0.3 is 0 Å². The monoisotopic (exact) mass is 166 g/mol. The molecule has 0 saturated heterocycles. The Bertz CT molecular complexity index is 298. The van der Waals surface area contributed by atoms with E-state index in [0.29, 0.717) is 11.6 Å². The first kappa shape index (κ1) is 8.06. The van der Waals surface area contributed by atoms with Gasteiger partial charge in [-0.1, -0.05) is 23.4 Å². The quantitative estimate of drug-likeness (QED) is 0.585. The molecule has 0 aromatic carbocycles. The van der Waals surface area contributed by atoms with Crippen molar-refractivity contribution in [2.24, 2.45) is 5.73 Å². The van der Waals surface area contributed by atoms with Crippen molar-refractivity contribution in [1.29, 1.82) is 0 Å². The minimum absolute atomic E-state index is 0.346. The molecule has 0 unspecified atom stereocenters. The van der Waals surface area contributed by atoms with Gasteiger partial charge in [0, 0.05) is 18.0 Å². The van der Waals surface area contributed by atoms with Crippen molar-refractivity contribution in [1.82, 2.24) is 4.98 Å². The summed E-state index contributed by atoms with van der Waals surface area (Å²) in [6, 6.07) is 1.75. The zero-order valence-electron chi connectivity index (χ0n) is 5.84. The molecule has 3 heteroatoms. The lowest BCUT2D eigenvalue weighted by Crippen LogP contribution is -1.93.